The molecule has 0 aliphatic carbocycles. The fourth-order valence-electron chi connectivity index (χ4n) is 0.517. The molecule has 0 saturated carbocycles. The lowest BCUT2D eigenvalue weighted by Crippen LogP contribution is -2.19. The van der Waals surface area contributed by atoms with Crippen LogP contribution in [0.3, 0.4) is 0 Å². The van der Waals surface area contributed by atoms with Crippen LogP contribution in [0.4, 0.5) is 0 Å². The van der Waals surface area contributed by atoms with Gasteiger partial charge in [0.15, 0.2) is 0 Å². The minimum absolute atomic E-state index is 0.382. The van der Waals surface area contributed by atoms with Gasteiger partial charge in [0.2, 0.25) is 0 Å². The molecule has 11 heavy (non-hydrogen) atoms. The molecule has 0 aliphatic heterocycles. The van der Waals surface area contributed by atoms with Crippen molar-refractivity contribution in [3.8, 4) is 11.8 Å². The van der Waals surface area contributed by atoms with Gasteiger partial charge in [0.1, 0.15) is 12.7 Å². The van der Waals surface area contributed by atoms with E-state index in [4.69, 9.17) is 0 Å². The van der Waals surface area contributed by atoms with E-state index in [0.29, 0.717) is 0 Å². The maximum absolute atomic E-state index is 10.7. The van der Waals surface area contributed by atoms with Gasteiger partial charge in [-0.2, -0.15) is 0 Å². The SMILES string of the molecule is CC#CC(=O)Nn1cnnc1. The molecule has 5 nitrogen and oxygen atoms in total. The van der Waals surface area contributed by atoms with Gasteiger partial charge in [-0.3, -0.25) is 4.79 Å². The van der Waals surface area contributed by atoms with Crippen molar-refractivity contribution in [3.05, 3.63) is 12.7 Å². The molecule has 1 rings (SSSR count). The molecule has 0 unspecified atom stereocenters. The van der Waals surface area contributed by atoms with Gasteiger partial charge in [-0.1, -0.05) is 5.92 Å². The lowest BCUT2D eigenvalue weighted by atomic mass is 10.6. The molecule has 1 aromatic heterocycles. The Hall–Kier alpha value is -1.83. The van der Waals surface area contributed by atoms with Crippen LogP contribution in [0.5, 0.6) is 0 Å². The minimum Gasteiger partial charge on any atom is -0.258 e. The van der Waals surface area contributed by atoms with E-state index in [1.54, 1.807) is 6.92 Å². The average molecular weight is 150 g/mol. The molecule has 0 atom stereocenters. The summed E-state index contributed by atoms with van der Waals surface area (Å²) in [6.45, 7) is 1.59. The van der Waals surface area contributed by atoms with Crippen LogP contribution < -0.4 is 5.43 Å². The molecule has 1 heterocycles. The summed E-state index contributed by atoms with van der Waals surface area (Å²) in [5.41, 5.74) is 2.40. The normalized spacial score (nSPS) is 8.09. The van der Waals surface area contributed by atoms with Crippen molar-refractivity contribution < 1.29 is 4.79 Å². The number of aromatic nitrogens is 3. The molecule has 0 fully saturated rings. The zero-order chi connectivity index (χ0) is 8.10. The molecule has 1 amide bonds. The molecule has 0 aliphatic rings. The predicted octanol–water partition coefficient (Wildman–Crippen LogP) is -0.629. The second-order valence-corrected chi connectivity index (χ2v) is 1.69. The summed E-state index contributed by atoms with van der Waals surface area (Å²) in [6, 6.07) is 0. The summed E-state index contributed by atoms with van der Waals surface area (Å²) in [4.78, 5) is 10.7. The number of rotatable bonds is 1. The Morgan fingerprint density at radius 2 is 2.18 bits per heavy atom. The summed E-state index contributed by atoms with van der Waals surface area (Å²) in [6.07, 6.45) is 2.74. The van der Waals surface area contributed by atoms with Crippen LogP contribution in [0, 0.1) is 11.8 Å². The molecule has 0 bridgehead atoms. The number of hydrogen-bond acceptors (Lipinski definition) is 3. The van der Waals surface area contributed by atoms with E-state index < -0.39 is 0 Å². The van der Waals surface area contributed by atoms with Crippen molar-refractivity contribution in [2.45, 2.75) is 6.92 Å². The zero-order valence-electron chi connectivity index (χ0n) is 5.90. The highest BCUT2D eigenvalue weighted by molar-refractivity contribution is 5.99. The molecular formula is C6H6N4O. The Labute approximate surface area is 63.4 Å². The fourth-order valence-corrected chi connectivity index (χ4v) is 0.517. The van der Waals surface area contributed by atoms with Crippen molar-refractivity contribution >= 4 is 5.91 Å². The number of amides is 1. The van der Waals surface area contributed by atoms with E-state index in [-0.39, 0.29) is 5.91 Å². The van der Waals surface area contributed by atoms with Crippen molar-refractivity contribution in [2.75, 3.05) is 5.43 Å². The highest BCUT2D eigenvalue weighted by Gasteiger charge is 1.93. The molecule has 1 N–H and O–H groups in total. The standard InChI is InChI=1S/C6H6N4O/c1-2-3-6(11)9-10-4-7-8-5-10/h4-5H,1H3,(H,9,11). The van der Waals surface area contributed by atoms with E-state index in [0.717, 1.165) is 0 Å². The average Bonchev–Trinajstić information content (AvgIpc) is 2.40. The third-order valence-corrected chi connectivity index (χ3v) is 0.888. The summed E-state index contributed by atoms with van der Waals surface area (Å²) in [7, 11) is 0. The van der Waals surface area contributed by atoms with Crippen molar-refractivity contribution in [2.24, 2.45) is 0 Å². The predicted molar refractivity (Wildman–Crippen MR) is 37.8 cm³/mol. The van der Waals surface area contributed by atoms with Crippen LogP contribution in [0.2, 0.25) is 0 Å². The second kappa shape index (κ2) is 3.37. The third-order valence-electron chi connectivity index (χ3n) is 0.888. The van der Waals surface area contributed by atoms with Gasteiger partial charge < -0.3 is 0 Å². The van der Waals surface area contributed by atoms with Gasteiger partial charge in [0, 0.05) is 0 Å². The van der Waals surface area contributed by atoms with Crippen LogP contribution in [0.25, 0.3) is 0 Å². The van der Waals surface area contributed by atoms with Gasteiger partial charge in [0.05, 0.1) is 0 Å². The quantitative estimate of drug-likeness (QED) is 0.542. The van der Waals surface area contributed by atoms with Gasteiger partial charge in [-0.25, -0.2) is 10.1 Å². The lowest BCUT2D eigenvalue weighted by Gasteiger charge is -1.96. The summed E-state index contributed by atoms with van der Waals surface area (Å²) in [5.74, 6) is 4.39. The molecule has 56 valence electrons. The van der Waals surface area contributed by atoms with E-state index >= 15 is 0 Å². The summed E-state index contributed by atoms with van der Waals surface area (Å²) >= 11 is 0. The highest BCUT2D eigenvalue weighted by atomic mass is 16.2. The molecule has 0 saturated heterocycles. The first-order valence-corrected chi connectivity index (χ1v) is 2.91. The first kappa shape index (κ1) is 7.28. The van der Waals surface area contributed by atoms with Crippen LogP contribution in [0.1, 0.15) is 6.92 Å². The number of nitrogens with zero attached hydrogens (tertiary/aromatic N) is 3. The van der Waals surface area contributed by atoms with Crippen LogP contribution in [0.15, 0.2) is 12.7 Å². The number of carbonyl (C=O) groups excluding carboxylic acids is 1. The van der Waals surface area contributed by atoms with Gasteiger partial charge in [-0.15, -0.1) is 10.2 Å². The van der Waals surface area contributed by atoms with Gasteiger partial charge >= 0.3 is 5.91 Å². The zero-order valence-corrected chi connectivity index (χ0v) is 5.90. The summed E-state index contributed by atoms with van der Waals surface area (Å²) < 4.78 is 1.33. The lowest BCUT2D eigenvalue weighted by molar-refractivity contribution is -0.112. The Balaban J connectivity index is 2.55. The van der Waals surface area contributed by atoms with E-state index in [1.165, 1.54) is 17.3 Å². The molecule has 0 aromatic carbocycles. The van der Waals surface area contributed by atoms with Crippen molar-refractivity contribution in [1.29, 1.82) is 0 Å². The first-order chi connectivity index (χ1) is 5.33. The molecule has 0 radical (unpaired) electrons. The smallest absolute Gasteiger partial charge is 0.258 e. The Kier molecular flexibility index (Phi) is 2.23. The number of carbonyl (C=O) groups is 1. The van der Waals surface area contributed by atoms with Crippen LogP contribution in [-0.4, -0.2) is 20.8 Å². The maximum atomic E-state index is 10.7. The summed E-state index contributed by atoms with van der Waals surface area (Å²) in [5, 5.41) is 6.97. The molecular weight excluding hydrogens is 144 g/mol. The van der Waals surface area contributed by atoms with E-state index in [2.05, 4.69) is 27.5 Å². The number of hydrogen-bond donors (Lipinski definition) is 1. The second-order valence-electron chi connectivity index (χ2n) is 1.69. The Morgan fingerprint density at radius 3 is 2.73 bits per heavy atom. The highest BCUT2D eigenvalue weighted by Crippen LogP contribution is 1.74. The van der Waals surface area contributed by atoms with Crippen LogP contribution in [-0.2, 0) is 4.79 Å². The molecule has 1 aromatic rings. The van der Waals surface area contributed by atoms with Crippen LogP contribution >= 0.6 is 0 Å². The van der Waals surface area contributed by atoms with E-state index in [1.807, 2.05) is 0 Å². The Bertz CT molecular complexity index is 292. The third kappa shape index (κ3) is 2.10. The number of nitrogens with one attached hydrogen (secondary N) is 1. The van der Waals surface area contributed by atoms with E-state index in [9.17, 15) is 4.79 Å². The topological polar surface area (TPSA) is 59.8 Å². The fraction of sp³-hybridized carbons (Fsp3) is 0.167. The first-order valence-electron chi connectivity index (χ1n) is 2.91. The van der Waals surface area contributed by atoms with Gasteiger partial charge in [-0.05, 0) is 12.8 Å². The Morgan fingerprint density at radius 1 is 1.55 bits per heavy atom. The maximum Gasteiger partial charge on any atom is 0.314 e. The largest absolute Gasteiger partial charge is 0.314 e. The minimum atomic E-state index is -0.382. The van der Waals surface area contributed by atoms with Gasteiger partial charge in [0.25, 0.3) is 0 Å². The van der Waals surface area contributed by atoms with Crippen molar-refractivity contribution in [3.63, 3.8) is 0 Å². The molecule has 0 spiro atoms. The molecule has 5 heteroatoms. The monoisotopic (exact) mass is 150 g/mol. The van der Waals surface area contributed by atoms with Crippen molar-refractivity contribution in [1.82, 2.24) is 14.9 Å².